The Balaban J connectivity index is 1.86. The average molecular weight is 291 g/mol. The zero-order chi connectivity index (χ0) is 15.4. The van der Waals surface area contributed by atoms with Crippen LogP contribution in [0.3, 0.4) is 0 Å². The molecule has 0 saturated carbocycles. The van der Waals surface area contributed by atoms with Crippen LogP contribution in [-0.4, -0.2) is 43.6 Å². The first-order valence-corrected chi connectivity index (χ1v) is 7.47. The third-order valence-corrected chi connectivity index (χ3v) is 4.09. The molecule has 0 radical (unpaired) electrons. The predicted octanol–water partition coefficient (Wildman–Crippen LogP) is 1.74. The molecular formula is C16H25N3O2. The van der Waals surface area contributed by atoms with Gasteiger partial charge in [0.2, 0.25) is 0 Å². The Morgan fingerprint density at radius 3 is 2.86 bits per heavy atom. The number of nitrogen functional groups attached to an aromatic ring is 1. The molecular weight excluding hydrogens is 266 g/mol. The summed E-state index contributed by atoms with van der Waals surface area (Å²) in [6, 6.07) is 5.69. The van der Waals surface area contributed by atoms with Crippen molar-refractivity contribution in [2.45, 2.75) is 26.3 Å². The first kappa shape index (κ1) is 15.6. The lowest BCUT2D eigenvalue weighted by Gasteiger charge is -2.20. The predicted molar refractivity (Wildman–Crippen MR) is 84.6 cm³/mol. The Kier molecular flexibility index (Phi) is 5.07. The number of amides is 1. The van der Waals surface area contributed by atoms with Crippen LogP contribution in [0.4, 0.5) is 5.69 Å². The molecule has 1 aliphatic rings. The van der Waals surface area contributed by atoms with Gasteiger partial charge in [-0.1, -0.05) is 0 Å². The number of ether oxygens (including phenoxy) is 1. The summed E-state index contributed by atoms with van der Waals surface area (Å²) in [7, 11) is 1.56. The summed E-state index contributed by atoms with van der Waals surface area (Å²) < 4.78 is 5.09. The smallest absolute Gasteiger partial charge is 0.251 e. The molecule has 1 aromatic rings. The Morgan fingerprint density at radius 1 is 1.52 bits per heavy atom. The molecule has 1 aliphatic heterocycles. The molecule has 0 aliphatic carbocycles. The Bertz CT molecular complexity index is 502. The van der Waals surface area contributed by atoms with E-state index < -0.39 is 0 Å². The number of rotatable bonds is 5. The highest BCUT2D eigenvalue weighted by Gasteiger charge is 2.24. The van der Waals surface area contributed by atoms with E-state index in [1.165, 1.54) is 0 Å². The summed E-state index contributed by atoms with van der Waals surface area (Å²) in [6.45, 7) is 7.31. The highest BCUT2D eigenvalue weighted by atomic mass is 16.5. The molecule has 1 saturated heterocycles. The van der Waals surface area contributed by atoms with Gasteiger partial charge in [-0.05, 0) is 50.9 Å². The number of nitrogens with zero attached hydrogens (tertiary/aromatic N) is 1. The van der Waals surface area contributed by atoms with Gasteiger partial charge in [-0.15, -0.1) is 0 Å². The van der Waals surface area contributed by atoms with Gasteiger partial charge in [-0.25, -0.2) is 0 Å². The van der Waals surface area contributed by atoms with Crippen LogP contribution in [0.2, 0.25) is 0 Å². The Morgan fingerprint density at radius 2 is 2.29 bits per heavy atom. The molecule has 1 atom stereocenters. The lowest BCUT2D eigenvalue weighted by molar-refractivity contribution is 0.0947. The molecule has 1 aromatic carbocycles. The number of carbonyl (C=O) groups excluding carboxylic acids is 1. The molecule has 116 valence electrons. The average Bonchev–Trinajstić information content (AvgIpc) is 2.93. The van der Waals surface area contributed by atoms with Crippen LogP contribution in [0, 0.1) is 5.92 Å². The van der Waals surface area contributed by atoms with Gasteiger partial charge in [0, 0.05) is 24.7 Å². The van der Waals surface area contributed by atoms with Crippen molar-refractivity contribution < 1.29 is 9.53 Å². The standard InChI is InChI=1S/C16H25N3O2/c1-11(2)19-7-6-12(10-19)9-18-16(20)13-4-5-15(21-3)14(17)8-13/h4-5,8,11-12H,6-7,9-10,17H2,1-3H3,(H,18,20). The van der Waals surface area contributed by atoms with E-state index in [1.54, 1.807) is 25.3 Å². The molecule has 1 unspecified atom stereocenters. The van der Waals surface area contributed by atoms with E-state index in [0.29, 0.717) is 35.5 Å². The van der Waals surface area contributed by atoms with Crippen molar-refractivity contribution in [2.75, 3.05) is 32.5 Å². The minimum absolute atomic E-state index is 0.0765. The number of hydrogen-bond donors (Lipinski definition) is 2. The highest BCUT2D eigenvalue weighted by Crippen LogP contribution is 2.22. The van der Waals surface area contributed by atoms with Crippen LogP contribution in [0.25, 0.3) is 0 Å². The van der Waals surface area contributed by atoms with E-state index in [-0.39, 0.29) is 5.91 Å². The van der Waals surface area contributed by atoms with Gasteiger partial charge >= 0.3 is 0 Å². The van der Waals surface area contributed by atoms with Crippen molar-refractivity contribution in [3.63, 3.8) is 0 Å². The molecule has 0 aromatic heterocycles. The number of benzene rings is 1. The molecule has 3 N–H and O–H groups in total. The van der Waals surface area contributed by atoms with Crippen LogP contribution in [-0.2, 0) is 0 Å². The van der Waals surface area contributed by atoms with Gasteiger partial charge in [0.25, 0.3) is 5.91 Å². The van der Waals surface area contributed by atoms with Crippen molar-refractivity contribution >= 4 is 11.6 Å². The largest absolute Gasteiger partial charge is 0.495 e. The van der Waals surface area contributed by atoms with Crippen LogP contribution in [0.5, 0.6) is 5.75 Å². The van der Waals surface area contributed by atoms with Gasteiger partial charge in [0.1, 0.15) is 5.75 Å². The quantitative estimate of drug-likeness (QED) is 0.811. The van der Waals surface area contributed by atoms with E-state index in [9.17, 15) is 4.79 Å². The number of hydrogen-bond acceptors (Lipinski definition) is 4. The van der Waals surface area contributed by atoms with Crippen molar-refractivity contribution in [3.05, 3.63) is 23.8 Å². The topological polar surface area (TPSA) is 67.6 Å². The number of nitrogens with one attached hydrogen (secondary N) is 1. The first-order chi connectivity index (χ1) is 10.0. The molecule has 21 heavy (non-hydrogen) atoms. The van der Waals surface area contributed by atoms with E-state index >= 15 is 0 Å². The normalized spacial score (nSPS) is 19.0. The maximum Gasteiger partial charge on any atom is 0.251 e. The van der Waals surface area contributed by atoms with Crippen LogP contribution >= 0.6 is 0 Å². The van der Waals surface area contributed by atoms with Crippen LogP contribution < -0.4 is 15.8 Å². The second kappa shape index (κ2) is 6.80. The molecule has 0 bridgehead atoms. The molecule has 1 heterocycles. The number of anilines is 1. The lowest BCUT2D eigenvalue weighted by Crippen LogP contribution is -2.33. The van der Waals surface area contributed by atoms with Crippen molar-refractivity contribution in [3.8, 4) is 5.75 Å². The van der Waals surface area contributed by atoms with E-state index in [1.807, 2.05) is 0 Å². The third-order valence-electron chi connectivity index (χ3n) is 4.09. The van der Waals surface area contributed by atoms with Gasteiger partial charge in [-0.3, -0.25) is 4.79 Å². The van der Waals surface area contributed by atoms with Gasteiger partial charge in [0.05, 0.1) is 12.8 Å². The number of carbonyl (C=O) groups is 1. The summed E-state index contributed by atoms with van der Waals surface area (Å²) in [5.74, 6) is 1.05. The maximum atomic E-state index is 12.1. The molecule has 2 rings (SSSR count). The second-order valence-corrected chi connectivity index (χ2v) is 5.91. The minimum atomic E-state index is -0.0765. The SMILES string of the molecule is COc1ccc(C(=O)NCC2CCN(C(C)C)C2)cc1N. The fraction of sp³-hybridized carbons (Fsp3) is 0.562. The molecule has 5 heteroatoms. The van der Waals surface area contributed by atoms with E-state index in [2.05, 4.69) is 24.1 Å². The lowest BCUT2D eigenvalue weighted by atomic mass is 10.1. The van der Waals surface area contributed by atoms with E-state index in [0.717, 1.165) is 19.5 Å². The molecule has 0 spiro atoms. The summed E-state index contributed by atoms with van der Waals surface area (Å²) in [5.41, 5.74) is 6.89. The second-order valence-electron chi connectivity index (χ2n) is 5.91. The number of nitrogens with two attached hydrogens (primary N) is 1. The summed E-state index contributed by atoms with van der Waals surface area (Å²) in [4.78, 5) is 14.6. The van der Waals surface area contributed by atoms with Gasteiger partial charge in [-0.2, -0.15) is 0 Å². The molecule has 1 fully saturated rings. The Labute approximate surface area is 126 Å². The highest BCUT2D eigenvalue weighted by molar-refractivity contribution is 5.95. The molecule has 5 nitrogen and oxygen atoms in total. The first-order valence-electron chi connectivity index (χ1n) is 7.47. The molecule has 1 amide bonds. The van der Waals surface area contributed by atoms with Crippen molar-refractivity contribution in [2.24, 2.45) is 5.92 Å². The van der Waals surface area contributed by atoms with Gasteiger partial charge < -0.3 is 20.7 Å². The number of likely N-dealkylation sites (tertiary alicyclic amines) is 1. The van der Waals surface area contributed by atoms with Crippen LogP contribution in [0.1, 0.15) is 30.6 Å². The fourth-order valence-corrected chi connectivity index (χ4v) is 2.71. The maximum absolute atomic E-state index is 12.1. The number of methoxy groups -OCH3 is 1. The van der Waals surface area contributed by atoms with Crippen molar-refractivity contribution in [1.29, 1.82) is 0 Å². The summed E-state index contributed by atoms with van der Waals surface area (Å²) in [6.07, 6.45) is 1.14. The zero-order valence-corrected chi connectivity index (χ0v) is 13.1. The minimum Gasteiger partial charge on any atom is -0.495 e. The Hall–Kier alpha value is -1.75. The zero-order valence-electron chi connectivity index (χ0n) is 13.1. The van der Waals surface area contributed by atoms with Crippen LogP contribution in [0.15, 0.2) is 18.2 Å². The summed E-state index contributed by atoms with van der Waals surface area (Å²) >= 11 is 0. The monoisotopic (exact) mass is 291 g/mol. The summed E-state index contributed by atoms with van der Waals surface area (Å²) in [5, 5.41) is 3.00. The van der Waals surface area contributed by atoms with Gasteiger partial charge in [0.15, 0.2) is 0 Å². The van der Waals surface area contributed by atoms with Crippen molar-refractivity contribution in [1.82, 2.24) is 10.2 Å². The van der Waals surface area contributed by atoms with E-state index in [4.69, 9.17) is 10.5 Å². The third kappa shape index (κ3) is 3.88. The fourth-order valence-electron chi connectivity index (χ4n) is 2.71.